The molecule has 4 rings (SSSR count). The molecule has 2 heterocycles. The van der Waals surface area contributed by atoms with Gasteiger partial charge in [-0.15, -0.1) is 0 Å². The molecule has 0 spiro atoms. The quantitative estimate of drug-likeness (QED) is 0.216. The van der Waals surface area contributed by atoms with Crippen molar-refractivity contribution in [2.24, 2.45) is 10.1 Å². The second-order valence-corrected chi connectivity index (χ2v) is 9.47. The van der Waals surface area contributed by atoms with Crippen LogP contribution in [0.5, 0.6) is 5.75 Å². The molecule has 0 aromatic heterocycles. The SMILES string of the molecule is CCN(C(=O)[C@H]1CCCN1)C1CN(C(=Nc2ccc(F)c(OC(F)F)c2)NC#N)N=C1c1ccc(Cl)c(Cl)c1. The topological polar surface area (TPSA) is 105 Å². The van der Waals surface area contributed by atoms with Crippen LogP contribution in [-0.2, 0) is 4.79 Å². The first-order chi connectivity index (χ1) is 18.7. The van der Waals surface area contributed by atoms with E-state index in [9.17, 15) is 23.2 Å². The zero-order valence-corrected chi connectivity index (χ0v) is 22.2. The van der Waals surface area contributed by atoms with Crippen LogP contribution in [0, 0.1) is 17.3 Å². The molecule has 39 heavy (non-hydrogen) atoms. The minimum absolute atomic E-state index is 0.0260. The Labute approximate surface area is 232 Å². The number of nitrogens with one attached hydrogen (secondary N) is 2. The van der Waals surface area contributed by atoms with Crippen LogP contribution < -0.4 is 15.4 Å². The van der Waals surface area contributed by atoms with E-state index in [1.807, 2.05) is 6.92 Å². The molecule has 0 saturated carbocycles. The summed E-state index contributed by atoms with van der Waals surface area (Å²) in [5.74, 6) is -1.86. The molecule has 2 aliphatic rings. The van der Waals surface area contributed by atoms with Gasteiger partial charge in [0.1, 0.15) is 0 Å². The highest BCUT2D eigenvalue weighted by Gasteiger charge is 2.39. The highest BCUT2D eigenvalue weighted by molar-refractivity contribution is 6.42. The molecule has 2 aromatic carbocycles. The van der Waals surface area contributed by atoms with Crippen molar-refractivity contribution in [1.82, 2.24) is 20.5 Å². The number of rotatable bonds is 7. The summed E-state index contributed by atoms with van der Waals surface area (Å²) in [5, 5.41) is 21.7. The number of hydrazone groups is 1. The van der Waals surface area contributed by atoms with Gasteiger partial charge in [-0.3, -0.25) is 10.1 Å². The summed E-state index contributed by atoms with van der Waals surface area (Å²) < 4.78 is 43.5. The summed E-state index contributed by atoms with van der Waals surface area (Å²) in [6.07, 6.45) is 3.37. The lowest BCUT2D eigenvalue weighted by molar-refractivity contribution is -0.133. The molecule has 1 unspecified atom stereocenters. The van der Waals surface area contributed by atoms with Gasteiger partial charge < -0.3 is 15.0 Å². The average molecular weight is 582 g/mol. The molecule has 1 fully saturated rings. The fourth-order valence-corrected chi connectivity index (χ4v) is 4.77. The normalized spacial score (nSPS) is 19.2. The first kappa shape index (κ1) is 28.5. The number of ether oxygens (including phenoxy) is 1. The van der Waals surface area contributed by atoms with E-state index in [4.69, 9.17) is 23.2 Å². The molecule has 9 nitrogen and oxygen atoms in total. The number of hydrogen-bond donors (Lipinski definition) is 2. The number of alkyl halides is 2. The monoisotopic (exact) mass is 581 g/mol. The van der Waals surface area contributed by atoms with E-state index in [-0.39, 0.29) is 30.1 Å². The molecule has 1 amide bonds. The van der Waals surface area contributed by atoms with Crippen LogP contribution in [0.25, 0.3) is 0 Å². The zero-order valence-electron chi connectivity index (χ0n) is 20.7. The van der Waals surface area contributed by atoms with Gasteiger partial charge in [0.05, 0.1) is 40.1 Å². The van der Waals surface area contributed by atoms with Crippen LogP contribution in [-0.4, -0.2) is 65.8 Å². The Balaban J connectivity index is 1.74. The number of carbonyl (C=O) groups is 1. The lowest BCUT2D eigenvalue weighted by atomic mass is 10.0. The van der Waals surface area contributed by atoms with Crippen molar-refractivity contribution in [3.8, 4) is 11.9 Å². The number of nitriles is 1. The van der Waals surface area contributed by atoms with Gasteiger partial charge in [-0.1, -0.05) is 29.3 Å². The van der Waals surface area contributed by atoms with E-state index in [0.29, 0.717) is 34.3 Å². The Morgan fingerprint density at radius 2 is 2.13 bits per heavy atom. The van der Waals surface area contributed by atoms with Crippen LogP contribution in [0.3, 0.4) is 0 Å². The molecule has 0 radical (unpaired) electrons. The van der Waals surface area contributed by atoms with Gasteiger partial charge >= 0.3 is 6.61 Å². The van der Waals surface area contributed by atoms with E-state index in [0.717, 1.165) is 25.1 Å². The molecule has 206 valence electrons. The molecule has 2 N–H and O–H groups in total. The maximum Gasteiger partial charge on any atom is 0.387 e. The Morgan fingerprint density at radius 3 is 2.77 bits per heavy atom. The summed E-state index contributed by atoms with van der Waals surface area (Å²) >= 11 is 12.4. The third kappa shape index (κ3) is 6.55. The van der Waals surface area contributed by atoms with Crippen molar-refractivity contribution < 1.29 is 22.7 Å². The minimum Gasteiger partial charge on any atom is -0.432 e. The van der Waals surface area contributed by atoms with Gasteiger partial charge in [-0.05, 0) is 50.6 Å². The lowest BCUT2D eigenvalue weighted by Gasteiger charge is -2.31. The molecule has 2 aromatic rings. The number of hydrogen-bond acceptors (Lipinski definition) is 6. The number of likely N-dealkylation sites (N-methyl/N-ethyl adjacent to an activating group) is 1. The number of carbonyl (C=O) groups excluding carboxylic acids is 1. The highest BCUT2D eigenvalue weighted by atomic mass is 35.5. The van der Waals surface area contributed by atoms with Crippen molar-refractivity contribution in [2.45, 2.75) is 38.5 Å². The fourth-order valence-electron chi connectivity index (χ4n) is 4.47. The first-order valence-corrected chi connectivity index (χ1v) is 12.8. The van der Waals surface area contributed by atoms with Crippen LogP contribution in [0.4, 0.5) is 18.9 Å². The number of aliphatic imine (C=N–C) groups is 1. The van der Waals surface area contributed by atoms with Crippen molar-refractivity contribution in [2.75, 3.05) is 19.6 Å². The van der Waals surface area contributed by atoms with E-state index >= 15 is 0 Å². The average Bonchev–Trinajstić information content (AvgIpc) is 3.59. The summed E-state index contributed by atoms with van der Waals surface area (Å²) in [4.78, 5) is 19.4. The van der Waals surface area contributed by atoms with Gasteiger partial charge in [-0.2, -0.15) is 19.1 Å². The molecule has 2 aliphatic heterocycles. The highest BCUT2D eigenvalue weighted by Crippen LogP contribution is 2.29. The first-order valence-electron chi connectivity index (χ1n) is 12.0. The summed E-state index contributed by atoms with van der Waals surface area (Å²) in [6.45, 7) is -0.152. The Hall–Kier alpha value is -3.53. The van der Waals surface area contributed by atoms with Crippen LogP contribution in [0.15, 0.2) is 46.5 Å². The van der Waals surface area contributed by atoms with E-state index in [2.05, 4.69) is 25.5 Å². The summed E-state index contributed by atoms with van der Waals surface area (Å²) in [5.41, 5.74) is 1.11. The Morgan fingerprint density at radius 1 is 1.33 bits per heavy atom. The molecule has 1 saturated heterocycles. The molecule has 0 bridgehead atoms. The summed E-state index contributed by atoms with van der Waals surface area (Å²) in [6, 6.07) is 7.22. The largest absolute Gasteiger partial charge is 0.432 e. The van der Waals surface area contributed by atoms with Gasteiger partial charge in [0, 0.05) is 18.2 Å². The van der Waals surface area contributed by atoms with Crippen molar-refractivity contribution in [3.63, 3.8) is 0 Å². The Kier molecular flexibility index (Phi) is 9.16. The Bertz CT molecular complexity index is 1330. The standard InChI is InChI=1S/C25H24Cl2F3N7O2/c1-2-36(23(38)19-4-3-9-32-19)20-12-37(35-22(20)14-5-7-16(26)17(27)10-14)25(33-13-31)34-15-6-8-18(28)21(11-15)39-24(29)30/h5-8,10-11,19-20,24,32H,2-4,9,12H2,1H3,(H,33,34)/t19-,20?/m1/s1. The van der Waals surface area contributed by atoms with E-state index in [1.165, 1.54) is 11.1 Å². The number of amides is 1. The van der Waals surface area contributed by atoms with Crippen LogP contribution >= 0.6 is 23.2 Å². The number of guanidine groups is 1. The van der Waals surface area contributed by atoms with Crippen molar-refractivity contribution in [3.05, 3.63) is 57.8 Å². The lowest BCUT2D eigenvalue weighted by Crippen LogP contribution is -2.53. The fraction of sp³-hybridized carbons (Fsp3) is 0.360. The second-order valence-electron chi connectivity index (χ2n) is 8.65. The number of halogens is 5. The van der Waals surface area contributed by atoms with Gasteiger partial charge in [-0.25, -0.2) is 14.4 Å². The van der Waals surface area contributed by atoms with Crippen molar-refractivity contribution >= 4 is 46.5 Å². The molecular formula is C25H24Cl2F3N7O2. The third-order valence-corrected chi connectivity index (χ3v) is 6.98. The van der Waals surface area contributed by atoms with Gasteiger partial charge in [0.25, 0.3) is 0 Å². The molecule has 0 aliphatic carbocycles. The maximum atomic E-state index is 13.9. The minimum atomic E-state index is -3.24. The molecular weight excluding hydrogens is 558 g/mol. The molecule has 2 atom stereocenters. The predicted octanol–water partition coefficient (Wildman–Crippen LogP) is 4.48. The van der Waals surface area contributed by atoms with Gasteiger partial charge in [0.2, 0.25) is 11.9 Å². The number of benzene rings is 2. The van der Waals surface area contributed by atoms with Crippen LogP contribution in [0.2, 0.25) is 10.0 Å². The van der Waals surface area contributed by atoms with Crippen molar-refractivity contribution in [1.29, 1.82) is 5.26 Å². The zero-order chi connectivity index (χ0) is 28.1. The van der Waals surface area contributed by atoms with E-state index < -0.39 is 24.2 Å². The predicted molar refractivity (Wildman–Crippen MR) is 141 cm³/mol. The van der Waals surface area contributed by atoms with Gasteiger partial charge in [0.15, 0.2) is 17.8 Å². The summed E-state index contributed by atoms with van der Waals surface area (Å²) in [7, 11) is 0. The molecule has 14 heteroatoms. The second kappa shape index (κ2) is 12.5. The van der Waals surface area contributed by atoms with E-state index in [1.54, 1.807) is 29.3 Å². The third-order valence-electron chi connectivity index (χ3n) is 6.24. The number of nitrogens with zero attached hydrogens (tertiary/aromatic N) is 5. The smallest absolute Gasteiger partial charge is 0.387 e. The maximum absolute atomic E-state index is 13.9. The van der Waals surface area contributed by atoms with Crippen LogP contribution in [0.1, 0.15) is 25.3 Å².